The predicted molar refractivity (Wildman–Crippen MR) is 182 cm³/mol. The van der Waals surface area contributed by atoms with Crippen molar-refractivity contribution in [2.24, 2.45) is 28.8 Å². The molecule has 0 unspecified atom stereocenters. The number of anilines is 3. The van der Waals surface area contributed by atoms with Gasteiger partial charge in [-0.3, -0.25) is 9.59 Å². The van der Waals surface area contributed by atoms with Crippen LogP contribution in [-0.4, -0.2) is 46.8 Å². The summed E-state index contributed by atoms with van der Waals surface area (Å²) in [5.74, 6) is -1.55. The highest BCUT2D eigenvalue weighted by molar-refractivity contribution is 6.39. The number of carbonyl (C=O) groups is 2. The van der Waals surface area contributed by atoms with E-state index in [0.717, 1.165) is 24.9 Å². The fraction of sp³-hybridized carbons (Fsp3) is 0.529. The molecule has 47 heavy (non-hydrogen) atoms. The lowest BCUT2D eigenvalue weighted by molar-refractivity contribution is -0.178. The van der Waals surface area contributed by atoms with Crippen molar-refractivity contribution < 1.29 is 22.8 Å². The zero-order valence-electron chi connectivity index (χ0n) is 27.5. The minimum absolute atomic E-state index is 0.0652. The van der Waals surface area contributed by atoms with Gasteiger partial charge in [0, 0.05) is 38.3 Å². The number of imidazole rings is 1. The summed E-state index contributed by atoms with van der Waals surface area (Å²) in [6.07, 6.45) is -1.91. The normalized spacial score (nSPS) is 17.9. The Labute approximate surface area is 283 Å². The van der Waals surface area contributed by atoms with E-state index >= 15 is 0 Å². The summed E-state index contributed by atoms with van der Waals surface area (Å²) < 4.78 is 41.5. The molecule has 2 fully saturated rings. The molecule has 0 bridgehead atoms. The molecule has 1 heterocycles. The van der Waals surface area contributed by atoms with Gasteiger partial charge in [-0.1, -0.05) is 57.0 Å². The largest absolute Gasteiger partial charge is 0.391 e. The lowest BCUT2D eigenvalue weighted by Gasteiger charge is -2.26. The Morgan fingerprint density at radius 2 is 1.79 bits per heavy atom. The van der Waals surface area contributed by atoms with E-state index in [-0.39, 0.29) is 43.6 Å². The summed E-state index contributed by atoms with van der Waals surface area (Å²) in [7, 11) is 3.77. The minimum atomic E-state index is -4.24. The molecule has 5 rings (SSSR count). The van der Waals surface area contributed by atoms with Crippen LogP contribution in [0.2, 0.25) is 10.0 Å². The van der Waals surface area contributed by atoms with Crippen molar-refractivity contribution in [3.05, 3.63) is 45.4 Å². The van der Waals surface area contributed by atoms with Crippen molar-refractivity contribution in [1.82, 2.24) is 14.9 Å². The number of alkyl halides is 3. The summed E-state index contributed by atoms with van der Waals surface area (Å²) >= 11 is 13.3. The molecule has 0 saturated heterocycles. The summed E-state index contributed by atoms with van der Waals surface area (Å²) in [6, 6.07) is 7.04. The molecule has 3 aromatic rings. The summed E-state index contributed by atoms with van der Waals surface area (Å²) in [4.78, 5) is 37.2. The third-order valence-electron chi connectivity index (χ3n) is 9.18. The first-order chi connectivity index (χ1) is 21.9. The van der Waals surface area contributed by atoms with Crippen molar-refractivity contribution in [2.45, 2.75) is 78.9 Å². The van der Waals surface area contributed by atoms with Gasteiger partial charge in [-0.2, -0.15) is 13.2 Å². The molecule has 2 aliphatic carbocycles. The standard InChI is InChI=1S/C34H41Cl2F3N6O2/c1-32(2,3)30(47)40-17-19-7-12-23(35)28(27(19)36)43-31-42-24-15-22(29(46)41-21-10-8-20(9-11-21)34(37,38)39)25(16-26(24)45(31)6)44(5)18-33(4)13-14-33/h7,12,15-16,20H,8-11,13-14,17-18H2,1-6H3,(H,40,47)(H,42,43). The molecule has 254 valence electrons. The Kier molecular flexibility index (Phi) is 9.65. The summed E-state index contributed by atoms with van der Waals surface area (Å²) in [6.45, 7) is 8.63. The molecule has 2 aliphatic rings. The minimum Gasteiger partial charge on any atom is -0.373 e. The fourth-order valence-corrected chi connectivity index (χ4v) is 6.38. The van der Waals surface area contributed by atoms with Crippen molar-refractivity contribution in [3.63, 3.8) is 0 Å². The van der Waals surface area contributed by atoms with Crippen LogP contribution in [0.3, 0.4) is 0 Å². The highest BCUT2D eigenvalue weighted by Crippen LogP contribution is 2.46. The Morgan fingerprint density at radius 3 is 2.38 bits per heavy atom. The van der Waals surface area contributed by atoms with Crippen molar-refractivity contribution in [2.75, 3.05) is 23.8 Å². The Bertz CT molecular complexity index is 1730. The van der Waals surface area contributed by atoms with Crippen LogP contribution in [-0.2, 0) is 18.4 Å². The van der Waals surface area contributed by atoms with Gasteiger partial charge in [0.25, 0.3) is 5.91 Å². The molecule has 0 atom stereocenters. The second-order valence-electron chi connectivity index (χ2n) is 14.3. The van der Waals surface area contributed by atoms with Crippen molar-refractivity contribution in [1.29, 1.82) is 0 Å². The molecule has 13 heteroatoms. The average Bonchev–Trinajstić information content (AvgIpc) is 3.63. The molecule has 0 aliphatic heterocycles. The number of halogens is 5. The van der Waals surface area contributed by atoms with Crippen molar-refractivity contribution >= 4 is 69.1 Å². The molecule has 2 amide bonds. The average molecular weight is 694 g/mol. The Morgan fingerprint density at radius 1 is 1.13 bits per heavy atom. The SMILES string of the molecule is CN(CC1(C)CC1)c1cc2c(cc1C(=O)N=C1CCC(C(F)(F)F)CC1)nc(Nc1c(Cl)ccc(CNC(=O)C(C)(C)C)c1Cl)n2C. The molecule has 8 nitrogen and oxygen atoms in total. The first-order valence-corrected chi connectivity index (χ1v) is 16.5. The highest BCUT2D eigenvalue weighted by Gasteiger charge is 2.41. The van der Waals surface area contributed by atoms with E-state index in [0.29, 0.717) is 49.7 Å². The van der Waals surface area contributed by atoms with Gasteiger partial charge in [0.05, 0.1) is 43.9 Å². The second-order valence-corrected chi connectivity index (χ2v) is 15.1. The van der Waals surface area contributed by atoms with Gasteiger partial charge < -0.3 is 20.1 Å². The molecule has 0 radical (unpaired) electrons. The fourth-order valence-electron chi connectivity index (χ4n) is 5.85. The number of nitrogens with zero attached hydrogens (tertiary/aromatic N) is 4. The van der Waals surface area contributed by atoms with E-state index in [1.807, 2.05) is 50.4 Å². The van der Waals surface area contributed by atoms with E-state index < -0.39 is 23.4 Å². The van der Waals surface area contributed by atoms with Crippen LogP contribution < -0.4 is 15.5 Å². The molecule has 2 saturated carbocycles. The third kappa shape index (κ3) is 7.88. The first kappa shape index (κ1) is 35.0. The number of aliphatic imine (C=N–C) groups is 1. The number of fused-ring (bicyclic) bond motifs is 1. The van der Waals surface area contributed by atoms with Crippen LogP contribution in [0.15, 0.2) is 29.3 Å². The summed E-state index contributed by atoms with van der Waals surface area (Å²) in [5, 5.41) is 6.84. The maximum Gasteiger partial charge on any atom is 0.391 e. The van der Waals surface area contributed by atoms with E-state index in [4.69, 9.17) is 28.2 Å². The van der Waals surface area contributed by atoms with E-state index in [1.54, 1.807) is 18.2 Å². The van der Waals surface area contributed by atoms with E-state index in [1.165, 1.54) is 0 Å². The predicted octanol–water partition coefficient (Wildman–Crippen LogP) is 8.86. The number of nitrogens with one attached hydrogen (secondary N) is 2. The maximum atomic E-state index is 13.7. The first-order valence-electron chi connectivity index (χ1n) is 15.8. The van der Waals surface area contributed by atoms with Gasteiger partial charge in [0.2, 0.25) is 11.9 Å². The smallest absolute Gasteiger partial charge is 0.373 e. The van der Waals surface area contributed by atoms with Gasteiger partial charge in [-0.25, -0.2) is 9.98 Å². The number of hydrogen-bond donors (Lipinski definition) is 2. The van der Waals surface area contributed by atoms with E-state index in [2.05, 4.69) is 22.5 Å². The van der Waals surface area contributed by atoms with Crippen LogP contribution in [0.25, 0.3) is 11.0 Å². The lowest BCUT2D eigenvalue weighted by Crippen LogP contribution is -2.34. The zero-order chi connectivity index (χ0) is 34.5. The van der Waals surface area contributed by atoms with Gasteiger partial charge >= 0.3 is 6.18 Å². The molecular weight excluding hydrogens is 652 g/mol. The van der Waals surface area contributed by atoms with Crippen LogP contribution in [0.1, 0.15) is 82.1 Å². The molecule has 1 aromatic heterocycles. The van der Waals surface area contributed by atoms with Gasteiger partial charge in [-0.05, 0) is 67.7 Å². The van der Waals surface area contributed by atoms with Crippen LogP contribution in [0.4, 0.5) is 30.5 Å². The third-order valence-corrected chi connectivity index (χ3v) is 9.92. The van der Waals surface area contributed by atoms with Gasteiger partial charge in [0.15, 0.2) is 0 Å². The van der Waals surface area contributed by atoms with Crippen LogP contribution >= 0.6 is 23.2 Å². The van der Waals surface area contributed by atoms with Crippen molar-refractivity contribution in [3.8, 4) is 0 Å². The monoisotopic (exact) mass is 692 g/mol. The van der Waals surface area contributed by atoms with Crippen LogP contribution in [0.5, 0.6) is 0 Å². The number of amides is 2. The highest BCUT2D eigenvalue weighted by atomic mass is 35.5. The second kappa shape index (κ2) is 13.0. The number of rotatable bonds is 8. The quantitative estimate of drug-likeness (QED) is 0.246. The van der Waals surface area contributed by atoms with Gasteiger partial charge in [-0.15, -0.1) is 0 Å². The molecule has 0 spiro atoms. The van der Waals surface area contributed by atoms with Crippen LogP contribution in [0, 0.1) is 16.7 Å². The Balaban J connectivity index is 1.47. The number of carbonyl (C=O) groups excluding carboxylic acids is 2. The Hall–Kier alpha value is -3.31. The van der Waals surface area contributed by atoms with Gasteiger partial charge in [0.1, 0.15) is 0 Å². The molecule has 2 N–H and O–H groups in total. The molecule has 2 aromatic carbocycles. The number of benzene rings is 2. The topological polar surface area (TPSA) is 91.6 Å². The zero-order valence-corrected chi connectivity index (χ0v) is 29.1. The number of aromatic nitrogens is 2. The number of hydrogen-bond acceptors (Lipinski definition) is 5. The number of aryl methyl sites for hydroxylation is 1. The maximum absolute atomic E-state index is 13.7. The van der Waals surface area contributed by atoms with E-state index in [9.17, 15) is 22.8 Å². The summed E-state index contributed by atoms with van der Waals surface area (Å²) in [5.41, 5.74) is 3.45. The molecular formula is C34H41Cl2F3N6O2. The lowest BCUT2D eigenvalue weighted by atomic mass is 9.87.